The molecule has 1 aliphatic rings. The van der Waals surface area contributed by atoms with Gasteiger partial charge in [0.25, 0.3) is 0 Å². The van der Waals surface area contributed by atoms with Gasteiger partial charge in [0.15, 0.2) is 0 Å². The Morgan fingerprint density at radius 1 is 1.16 bits per heavy atom. The molecule has 0 amide bonds. The van der Waals surface area contributed by atoms with Crippen LogP contribution in [0.4, 0.5) is 0 Å². The lowest BCUT2D eigenvalue weighted by Crippen LogP contribution is -2.38. The second-order valence-corrected chi connectivity index (χ2v) is 11.3. The molecule has 104 valence electrons. The molecule has 2 rings (SSSR count). The molecular formula is C17H26OSi. The summed E-state index contributed by atoms with van der Waals surface area (Å²) in [6.07, 6.45) is 3.42. The summed E-state index contributed by atoms with van der Waals surface area (Å²) in [6, 6.07) is 2.31. The maximum Gasteiger partial charge on any atom is 0.247 e. The van der Waals surface area contributed by atoms with Crippen LogP contribution in [0.3, 0.4) is 0 Å². The van der Waals surface area contributed by atoms with Crippen molar-refractivity contribution in [3.63, 3.8) is 0 Å². The van der Waals surface area contributed by atoms with Crippen LogP contribution in [0.5, 0.6) is 5.75 Å². The van der Waals surface area contributed by atoms with Gasteiger partial charge in [0, 0.05) is 0 Å². The normalized spacial score (nSPS) is 14.6. The molecule has 0 saturated carbocycles. The first kappa shape index (κ1) is 14.4. The summed E-state index contributed by atoms with van der Waals surface area (Å²) < 4.78 is 6.49. The fourth-order valence-electron chi connectivity index (χ4n) is 2.55. The minimum absolute atomic E-state index is 0.622. The van der Waals surface area contributed by atoms with Crippen LogP contribution in [0.25, 0.3) is 6.08 Å². The smallest absolute Gasteiger partial charge is 0.247 e. The van der Waals surface area contributed by atoms with E-state index in [9.17, 15) is 0 Å². The van der Waals surface area contributed by atoms with Gasteiger partial charge in [0.2, 0.25) is 8.32 Å². The summed E-state index contributed by atoms with van der Waals surface area (Å²) in [5, 5.41) is 0. The van der Waals surface area contributed by atoms with E-state index in [1.807, 2.05) is 0 Å². The Kier molecular flexibility index (Phi) is 3.65. The molecule has 0 spiro atoms. The molecule has 1 aromatic rings. The van der Waals surface area contributed by atoms with Crippen LogP contribution in [0.2, 0.25) is 18.6 Å². The van der Waals surface area contributed by atoms with E-state index in [0.717, 1.165) is 12.2 Å². The molecule has 0 aromatic heterocycles. The van der Waals surface area contributed by atoms with Gasteiger partial charge in [-0.1, -0.05) is 31.6 Å². The molecule has 0 atom stereocenters. The zero-order chi connectivity index (χ0) is 14.4. The van der Waals surface area contributed by atoms with E-state index in [4.69, 9.17) is 4.43 Å². The Hall–Kier alpha value is -1.02. The first-order chi connectivity index (χ1) is 8.72. The Balaban J connectivity index is 2.45. The zero-order valence-electron chi connectivity index (χ0n) is 13.3. The Labute approximate surface area is 118 Å². The van der Waals surface area contributed by atoms with Crippen molar-refractivity contribution in [3.05, 3.63) is 33.9 Å². The lowest BCUT2D eigenvalue weighted by Gasteiger charge is -2.30. The van der Waals surface area contributed by atoms with E-state index >= 15 is 0 Å². The minimum Gasteiger partial charge on any atom is -0.543 e. The second kappa shape index (κ2) is 4.82. The third-order valence-electron chi connectivity index (χ3n) is 4.45. The van der Waals surface area contributed by atoms with Crippen molar-refractivity contribution in [1.82, 2.24) is 0 Å². The number of benzene rings is 1. The standard InChI is InChI=1S/C17H26OSi/c1-11(2)19(6,7)18-17-13(4)10-15-8-12(3)9-16(15)14(17)5/h9-11H,8H2,1-7H3. The minimum atomic E-state index is -1.65. The maximum atomic E-state index is 6.49. The largest absolute Gasteiger partial charge is 0.543 e. The van der Waals surface area contributed by atoms with E-state index < -0.39 is 8.32 Å². The van der Waals surface area contributed by atoms with Gasteiger partial charge >= 0.3 is 0 Å². The summed E-state index contributed by atoms with van der Waals surface area (Å²) in [5.41, 5.74) is 7.55. The van der Waals surface area contributed by atoms with Crippen LogP contribution >= 0.6 is 0 Å². The molecule has 0 N–H and O–H groups in total. The van der Waals surface area contributed by atoms with Gasteiger partial charge in [0.1, 0.15) is 5.75 Å². The molecule has 1 aromatic carbocycles. The van der Waals surface area contributed by atoms with Crippen molar-refractivity contribution >= 4 is 14.4 Å². The molecule has 0 radical (unpaired) electrons. The average molecular weight is 274 g/mol. The van der Waals surface area contributed by atoms with Gasteiger partial charge in [-0.15, -0.1) is 0 Å². The number of hydrogen-bond donors (Lipinski definition) is 0. The average Bonchev–Trinajstić information content (AvgIpc) is 2.65. The number of rotatable bonds is 3. The third-order valence-corrected chi connectivity index (χ3v) is 7.97. The summed E-state index contributed by atoms with van der Waals surface area (Å²) in [7, 11) is -1.65. The topological polar surface area (TPSA) is 9.23 Å². The first-order valence-corrected chi connectivity index (χ1v) is 10.2. The zero-order valence-corrected chi connectivity index (χ0v) is 14.3. The molecule has 0 saturated heterocycles. The SMILES string of the molecule is CC1=Cc2c(cc(C)c(O[Si](C)(C)C(C)C)c2C)C1. The summed E-state index contributed by atoms with van der Waals surface area (Å²) >= 11 is 0. The van der Waals surface area contributed by atoms with Gasteiger partial charge in [-0.05, 0) is 68.1 Å². The molecule has 1 nitrogen and oxygen atoms in total. The van der Waals surface area contributed by atoms with Gasteiger partial charge < -0.3 is 4.43 Å². The van der Waals surface area contributed by atoms with Gasteiger partial charge in [0.05, 0.1) is 0 Å². The predicted molar refractivity (Wildman–Crippen MR) is 86.5 cm³/mol. The molecule has 0 fully saturated rings. The van der Waals surface area contributed by atoms with E-state index in [1.165, 1.54) is 27.8 Å². The molecule has 0 heterocycles. The number of fused-ring (bicyclic) bond motifs is 1. The van der Waals surface area contributed by atoms with Crippen molar-refractivity contribution in [1.29, 1.82) is 0 Å². The molecule has 2 heteroatoms. The molecule has 0 bridgehead atoms. The van der Waals surface area contributed by atoms with Crippen molar-refractivity contribution in [2.45, 2.75) is 59.7 Å². The Morgan fingerprint density at radius 2 is 1.79 bits per heavy atom. The third kappa shape index (κ3) is 2.64. The van der Waals surface area contributed by atoms with Gasteiger partial charge in [-0.3, -0.25) is 0 Å². The van der Waals surface area contributed by atoms with Crippen molar-refractivity contribution < 1.29 is 4.43 Å². The van der Waals surface area contributed by atoms with Crippen LogP contribution in [0.15, 0.2) is 11.6 Å². The Morgan fingerprint density at radius 3 is 2.37 bits per heavy atom. The Bertz CT molecular complexity index is 539. The van der Waals surface area contributed by atoms with Crippen molar-refractivity contribution in [3.8, 4) is 5.75 Å². The lowest BCUT2D eigenvalue weighted by atomic mass is 10.00. The molecule has 1 aliphatic carbocycles. The highest BCUT2D eigenvalue weighted by molar-refractivity contribution is 6.73. The highest BCUT2D eigenvalue weighted by Crippen LogP contribution is 2.37. The fraction of sp³-hybridized carbons (Fsp3) is 0.529. The van der Waals surface area contributed by atoms with Crippen LogP contribution in [-0.4, -0.2) is 8.32 Å². The van der Waals surface area contributed by atoms with E-state index in [0.29, 0.717) is 5.54 Å². The van der Waals surface area contributed by atoms with Gasteiger partial charge in [-0.2, -0.15) is 0 Å². The van der Waals surface area contributed by atoms with Crippen LogP contribution in [-0.2, 0) is 6.42 Å². The summed E-state index contributed by atoms with van der Waals surface area (Å²) in [6.45, 7) is 15.8. The predicted octanol–water partition coefficient (Wildman–Crippen LogP) is 5.26. The van der Waals surface area contributed by atoms with Gasteiger partial charge in [-0.25, -0.2) is 0 Å². The quantitative estimate of drug-likeness (QED) is 0.683. The number of allylic oxidation sites excluding steroid dienone is 1. The maximum absolute atomic E-state index is 6.49. The number of aryl methyl sites for hydroxylation is 1. The van der Waals surface area contributed by atoms with Crippen molar-refractivity contribution in [2.24, 2.45) is 0 Å². The van der Waals surface area contributed by atoms with Crippen molar-refractivity contribution in [2.75, 3.05) is 0 Å². The van der Waals surface area contributed by atoms with Crippen LogP contribution < -0.4 is 4.43 Å². The van der Waals surface area contributed by atoms with Crippen LogP contribution in [0, 0.1) is 13.8 Å². The first-order valence-electron chi connectivity index (χ1n) is 7.21. The summed E-state index contributed by atoms with van der Waals surface area (Å²) in [5.74, 6) is 1.13. The number of hydrogen-bond acceptors (Lipinski definition) is 1. The van der Waals surface area contributed by atoms with E-state index in [1.54, 1.807) is 0 Å². The fourth-order valence-corrected chi connectivity index (χ4v) is 3.62. The summed E-state index contributed by atoms with van der Waals surface area (Å²) in [4.78, 5) is 0. The lowest BCUT2D eigenvalue weighted by molar-refractivity contribution is 0.524. The highest BCUT2D eigenvalue weighted by Gasteiger charge is 2.30. The monoisotopic (exact) mass is 274 g/mol. The van der Waals surface area contributed by atoms with E-state index in [2.05, 4.69) is 59.9 Å². The molecule has 19 heavy (non-hydrogen) atoms. The highest BCUT2D eigenvalue weighted by atomic mass is 28.4. The van der Waals surface area contributed by atoms with E-state index in [-0.39, 0.29) is 0 Å². The molecule has 0 unspecified atom stereocenters. The second-order valence-electron chi connectivity index (χ2n) is 6.75. The van der Waals surface area contributed by atoms with Crippen LogP contribution in [0.1, 0.15) is 43.0 Å². The molecule has 0 aliphatic heterocycles. The molecular weight excluding hydrogens is 248 g/mol.